The van der Waals surface area contributed by atoms with E-state index in [2.05, 4.69) is 5.32 Å². The maximum atomic E-state index is 10.0. The Labute approximate surface area is 107 Å². The quantitative estimate of drug-likeness (QED) is 0.866. The van der Waals surface area contributed by atoms with Gasteiger partial charge in [0, 0.05) is 5.02 Å². The Morgan fingerprint density at radius 3 is 2.88 bits per heavy atom. The number of halogens is 1. The summed E-state index contributed by atoms with van der Waals surface area (Å²) in [7, 11) is 0. The number of aliphatic hydroxyl groups is 1. The molecule has 0 amide bonds. The average Bonchev–Trinajstić information content (AvgIpc) is 2.37. The van der Waals surface area contributed by atoms with E-state index in [4.69, 9.17) is 16.3 Å². The molecule has 1 aromatic rings. The van der Waals surface area contributed by atoms with E-state index in [0.717, 1.165) is 25.9 Å². The van der Waals surface area contributed by atoms with Crippen molar-refractivity contribution >= 4 is 11.6 Å². The van der Waals surface area contributed by atoms with Crippen molar-refractivity contribution in [2.75, 3.05) is 19.7 Å². The van der Waals surface area contributed by atoms with Gasteiger partial charge < -0.3 is 15.2 Å². The van der Waals surface area contributed by atoms with Crippen molar-refractivity contribution in [2.45, 2.75) is 18.9 Å². The van der Waals surface area contributed by atoms with Crippen molar-refractivity contribution in [1.82, 2.24) is 5.32 Å². The zero-order valence-electron chi connectivity index (χ0n) is 9.73. The number of piperidine rings is 1. The van der Waals surface area contributed by atoms with Crippen molar-refractivity contribution in [3.8, 4) is 5.75 Å². The molecule has 0 aliphatic carbocycles. The van der Waals surface area contributed by atoms with Crippen LogP contribution in [0.4, 0.5) is 0 Å². The molecule has 1 fully saturated rings. The molecule has 0 spiro atoms. The number of hydrogen-bond donors (Lipinski definition) is 2. The molecule has 1 aliphatic rings. The lowest BCUT2D eigenvalue weighted by atomic mass is 9.93. The first-order valence-electron chi connectivity index (χ1n) is 6.03. The molecule has 1 unspecified atom stereocenters. The van der Waals surface area contributed by atoms with Crippen LogP contribution in [-0.4, -0.2) is 30.9 Å². The zero-order chi connectivity index (χ0) is 12.1. The van der Waals surface area contributed by atoms with Gasteiger partial charge in [0.05, 0.1) is 6.10 Å². The van der Waals surface area contributed by atoms with E-state index in [0.29, 0.717) is 23.3 Å². The summed E-state index contributed by atoms with van der Waals surface area (Å²) in [4.78, 5) is 0. The fourth-order valence-electron chi connectivity index (χ4n) is 2.10. The van der Waals surface area contributed by atoms with Gasteiger partial charge in [-0.3, -0.25) is 0 Å². The SMILES string of the molecule is OC(COc1cccc(Cl)c1)C1CCNCC1. The summed E-state index contributed by atoms with van der Waals surface area (Å²) < 4.78 is 5.55. The largest absolute Gasteiger partial charge is 0.491 e. The minimum atomic E-state index is -0.393. The molecule has 1 heterocycles. The van der Waals surface area contributed by atoms with Crippen LogP contribution >= 0.6 is 11.6 Å². The van der Waals surface area contributed by atoms with Crippen LogP contribution in [0.2, 0.25) is 5.02 Å². The standard InChI is InChI=1S/C13H18ClNO2/c14-11-2-1-3-12(8-11)17-9-13(16)10-4-6-15-7-5-10/h1-3,8,10,13,15-16H,4-7,9H2. The summed E-state index contributed by atoms with van der Waals surface area (Å²) in [5, 5.41) is 14.0. The Hall–Kier alpha value is -0.770. The number of nitrogens with one attached hydrogen (secondary N) is 1. The number of aliphatic hydroxyl groups excluding tert-OH is 1. The molecule has 1 atom stereocenters. The van der Waals surface area contributed by atoms with Gasteiger partial charge in [-0.1, -0.05) is 17.7 Å². The summed E-state index contributed by atoms with van der Waals surface area (Å²) in [6.45, 7) is 2.31. The van der Waals surface area contributed by atoms with Crippen LogP contribution in [0.1, 0.15) is 12.8 Å². The van der Waals surface area contributed by atoms with E-state index in [-0.39, 0.29) is 0 Å². The van der Waals surface area contributed by atoms with Crippen molar-refractivity contribution < 1.29 is 9.84 Å². The van der Waals surface area contributed by atoms with Crippen LogP contribution < -0.4 is 10.1 Å². The van der Waals surface area contributed by atoms with Crippen LogP contribution in [-0.2, 0) is 0 Å². The lowest BCUT2D eigenvalue weighted by Crippen LogP contribution is -2.36. The molecule has 2 N–H and O–H groups in total. The molecule has 2 rings (SSSR count). The van der Waals surface area contributed by atoms with Gasteiger partial charge in [-0.15, -0.1) is 0 Å². The number of rotatable bonds is 4. The van der Waals surface area contributed by atoms with Crippen molar-refractivity contribution in [1.29, 1.82) is 0 Å². The third-order valence-electron chi connectivity index (χ3n) is 3.14. The Morgan fingerprint density at radius 1 is 1.41 bits per heavy atom. The smallest absolute Gasteiger partial charge is 0.120 e. The zero-order valence-corrected chi connectivity index (χ0v) is 10.5. The van der Waals surface area contributed by atoms with Crippen LogP contribution in [0.5, 0.6) is 5.75 Å². The highest BCUT2D eigenvalue weighted by atomic mass is 35.5. The van der Waals surface area contributed by atoms with E-state index in [9.17, 15) is 5.11 Å². The fourth-order valence-corrected chi connectivity index (χ4v) is 2.28. The van der Waals surface area contributed by atoms with Crippen LogP contribution in [0, 0.1) is 5.92 Å². The van der Waals surface area contributed by atoms with Crippen LogP contribution in [0.25, 0.3) is 0 Å². The minimum Gasteiger partial charge on any atom is -0.491 e. The molecule has 0 bridgehead atoms. The van der Waals surface area contributed by atoms with Gasteiger partial charge in [-0.05, 0) is 50.0 Å². The molecular formula is C13H18ClNO2. The maximum Gasteiger partial charge on any atom is 0.120 e. The van der Waals surface area contributed by atoms with E-state index < -0.39 is 6.10 Å². The molecule has 0 radical (unpaired) electrons. The number of ether oxygens (including phenoxy) is 1. The maximum absolute atomic E-state index is 10.0. The summed E-state index contributed by atoms with van der Waals surface area (Å²) in [6, 6.07) is 7.25. The summed E-state index contributed by atoms with van der Waals surface area (Å²) in [5.41, 5.74) is 0. The normalized spacial score (nSPS) is 18.9. The summed E-state index contributed by atoms with van der Waals surface area (Å²) in [6.07, 6.45) is 1.64. The number of hydrogen-bond acceptors (Lipinski definition) is 3. The van der Waals surface area contributed by atoms with Crippen molar-refractivity contribution in [2.24, 2.45) is 5.92 Å². The third-order valence-corrected chi connectivity index (χ3v) is 3.38. The molecule has 0 saturated carbocycles. The Bertz CT molecular complexity index is 353. The van der Waals surface area contributed by atoms with Crippen molar-refractivity contribution in [3.05, 3.63) is 29.3 Å². The van der Waals surface area contributed by atoms with Gasteiger partial charge >= 0.3 is 0 Å². The van der Waals surface area contributed by atoms with Crippen LogP contribution in [0.15, 0.2) is 24.3 Å². The first kappa shape index (κ1) is 12.7. The Balaban J connectivity index is 1.80. The molecule has 4 heteroatoms. The van der Waals surface area contributed by atoms with Gasteiger partial charge in [0.2, 0.25) is 0 Å². The predicted molar refractivity (Wildman–Crippen MR) is 68.5 cm³/mol. The second-order valence-electron chi connectivity index (χ2n) is 4.42. The second kappa shape index (κ2) is 6.24. The van der Waals surface area contributed by atoms with Gasteiger partial charge in [0.1, 0.15) is 12.4 Å². The molecule has 17 heavy (non-hydrogen) atoms. The fraction of sp³-hybridized carbons (Fsp3) is 0.538. The van der Waals surface area contributed by atoms with E-state index in [1.54, 1.807) is 12.1 Å². The Morgan fingerprint density at radius 2 is 2.18 bits per heavy atom. The topological polar surface area (TPSA) is 41.5 Å². The van der Waals surface area contributed by atoms with E-state index >= 15 is 0 Å². The van der Waals surface area contributed by atoms with Gasteiger partial charge in [-0.2, -0.15) is 0 Å². The predicted octanol–water partition coefficient (Wildman–Crippen LogP) is 2.08. The highest BCUT2D eigenvalue weighted by molar-refractivity contribution is 6.30. The summed E-state index contributed by atoms with van der Waals surface area (Å²) in [5.74, 6) is 1.06. The Kier molecular flexibility index (Phi) is 4.66. The average molecular weight is 256 g/mol. The highest BCUT2D eigenvalue weighted by Crippen LogP contribution is 2.20. The minimum absolute atomic E-state index is 0.338. The number of benzene rings is 1. The molecule has 1 aromatic carbocycles. The van der Waals surface area contributed by atoms with Gasteiger partial charge in [0.15, 0.2) is 0 Å². The second-order valence-corrected chi connectivity index (χ2v) is 4.86. The van der Waals surface area contributed by atoms with Crippen molar-refractivity contribution in [3.63, 3.8) is 0 Å². The summed E-state index contributed by atoms with van der Waals surface area (Å²) >= 11 is 5.86. The molecular weight excluding hydrogens is 238 g/mol. The highest BCUT2D eigenvalue weighted by Gasteiger charge is 2.21. The lowest BCUT2D eigenvalue weighted by molar-refractivity contribution is 0.0442. The molecule has 1 saturated heterocycles. The monoisotopic (exact) mass is 255 g/mol. The molecule has 1 aliphatic heterocycles. The van der Waals surface area contributed by atoms with Gasteiger partial charge in [0.25, 0.3) is 0 Å². The van der Waals surface area contributed by atoms with Gasteiger partial charge in [-0.25, -0.2) is 0 Å². The first-order valence-corrected chi connectivity index (χ1v) is 6.40. The van der Waals surface area contributed by atoms with Crippen LogP contribution in [0.3, 0.4) is 0 Å². The lowest BCUT2D eigenvalue weighted by Gasteiger charge is -2.27. The molecule has 94 valence electrons. The molecule has 3 nitrogen and oxygen atoms in total. The first-order chi connectivity index (χ1) is 8.25. The third kappa shape index (κ3) is 3.87. The van der Waals surface area contributed by atoms with E-state index in [1.165, 1.54) is 0 Å². The van der Waals surface area contributed by atoms with E-state index in [1.807, 2.05) is 12.1 Å². The molecule has 0 aromatic heterocycles.